The van der Waals surface area contributed by atoms with E-state index in [9.17, 15) is 13.6 Å². The zero-order valence-corrected chi connectivity index (χ0v) is 10.9. The Morgan fingerprint density at radius 2 is 2.16 bits per heavy atom. The lowest BCUT2D eigenvalue weighted by Crippen LogP contribution is -2.35. The highest BCUT2D eigenvalue weighted by molar-refractivity contribution is 5.82. The monoisotopic (exact) mass is 267 g/mol. The number of hydrogen-bond donors (Lipinski definition) is 0. The van der Waals surface area contributed by atoms with Gasteiger partial charge in [-0.2, -0.15) is 5.26 Å². The van der Waals surface area contributed by atoms with Crippen molar-refractivity contribution in [3.05, 3.63) is 35.4 Å². The first kappa shape index (κ1) is 15.1. The molecule has 1 aromatic rings. The Bertz CT molecular complexity index is 511. The summed E-state index contributed by atoms with van der Waals surface area (Å²) in [4.78, 5) is 12.0. The van der Waals surface area contributed by atoms with E-state index < -0.39 is 23.0 Å². The van der Waals surface area contributed by atoms with E-state index in [0.29, 0.717) is 0 Å². The number of rotatable bonds is 5. The van der Waals surface area contributed by atoms with Crippen LogP contribution in [0.3, 0.4) is 0 Å². The molecule has 1 atom stereocenters. The largest absolute Gasteiger partial charge is 0.465 e. The van der Waals surface area contributed by atoms with Gasteiger partial charge in [-0.15, -0.1) is 0 Å². The van der Waals surface area contributed by atoms with Crippen LogP contribution in [0.2, 0.25) is 0 Å². The number of ether oxygens (including phenoxy) is 1. The third-order valence-electron chi connectivity index (χ3n) is 3.01. The Hall–Kier alpha value is -1.96. The maximum Gasteiger partial charge on any atom is 0.316 e. The van der Waals surface area contributed by atoms with Crippen LogP contribution < -0.4 is 0 Å². The van der Waals surface area contributed by atoms with Crippen molar-refractivity contribution in [2.45, 2.75) is 32.1 Å². The number of carbonyl (C=O) groups excluding carboxylic acids is 1. The van der Waals surface area contributed by atoms with E-state index in [-0.39, 0.29) is 25.0 Å². The predicted molar refractivity (Wildman–Crippen MR) is 65.2 cm³/mol. The van der Waals surface area contributed by atoms with E-state index in [1.54, 1.807) is 6.92 Å². The molecule has 0 heterocycles. The Labute approximate surface area is 110 Å². The molecule has 0 aromatic heterocycles. The van der Waals surface area contributed by atoms with Crippen molar-refractivity contribution in [1.82, 2.24) is 0 Å². The smallest absolute Gasteiger partial charge is 0.316 e. The fourth-order valence-electron chi connectivity index (χ4n) is 1.87. The van der Waals surface area contributed by atoms with Crippen molar-refractivity contribution in [1.29, 1.82) is 5.26 Å². The highest BCUT2D eigenvalue weighted by Gasteiger charge is 2.39. The van der Waals surface area contributed by atoms with Crippen molar-refractivity contribution >= 4 is 5.97 Å². The number of benzene rings is 1. The first-order chi connectivity index (χ1) is 8.97. The zero-order valence-electron chi connectivity index (χ0n) is 10.9. The topological polar surface area (TPSA) is 50.1 Å². The Balaban J connectivity index is 3.27. The average molecular weight is 267 g/mol. The van der Waals surface area contributed by atoms with Gasteiger partial charge in [-0.25, -0.2) is 8.78 Å². The summed E-state index contributed by atoms with van der Waals surface area (Å²) in [5.41, 5.74) is -1.45. The summed E-state index contributed by atoms with van der Waals surface area (Å²) in [5.74, 6) is -2.75. The fourth-order valence-corrected chi connectivity index (χ4v) is 1.87. The molecule has 102 valence electrons. The van der Waals surface area contributed by atoms with Crippen LogP contribution in [0.1, 0.15) is 32.3 Å². The SMILES string of the molecule is CCOC(=O)C(C)(CCC#N)c1cccc(F)c1F. The van der Waals surface area contributed by atoms with E-state index in [2.05, 4.69) is 0 Å². The molecular formula is C14H15F2NO2. The van der Waals surface area contributed by atoms with Gasteiger partial charge in [0.1, 0.15) is 0 Å². The van der Waals surface area contributed by atoms with Crippen molar-refractivity contribution in [3.63, 3.8) is 0 Å². The van der Waals surface area contributed by atoms with E-state index in [0.717, 1.165) is 6.07 Å². The summed E-state index contributed by atoms with van der Waals surface area (Å²) in [5, 5.41) is 8.64. The van der Waals surface area contributed by atoms with Gasteiger partial charge >= 0.3 is 5.97 Å². The molecule has 0 fully saturated rings. The van der Waals surface area contributed by atoms with Crippen LogP contribution in [-0.4, -0.2) is 12.6 Å². The van der Waals surface area contributed by atoms with E-state index in [4.69, 9.17) is 10.00 Å². The quantitative estimate of drug-likeness (QED) is 0.770. The van der Waals surface area contributed by atoms with Crippen LogP contribution in [0.25, 0.3) is 0 Å². The first-order valence-electron chi connectivity index (χ1n) is 5.96. The Morgan fingerprint density at radius 3 is 2.74 bits per heavy atom. The average Bonchev–Trinajstić information content (AvgIpc) is 2.39. The normalized spacial score (nSPS) is 13.4. The van der Waals surface area contributed by atoms with Crippen molar-refractivity contribution in [2.24, 2.45) is 0 Å². The zero-order chi connectivity index (χ0) is 14.5. The van der Waals surface area contributed by atoms with Crippen molar-refractivity contribution < 1.29 is 18.3 Å². The predicted octanol–water partition coefficient (Wildman–Crippen LogP) is 3.09. The first-order valence-corrected chi connectivity index (χ1v) is 5.96. The maximum absolute atomic E-state index is 13.9. The second-order valence-electron chi connectivity index (χ2n) is 4.31. The van der Waals surface area contributed by atoms with Gasteiger partial charge in [0, 0.05) is 12.0 Å². The molecule has 0 aliphatic heterocycles. The summed E-state index contributed by atoms with van der Waals surface area (Å²) in [6.07, 6.45) is 0.119. The highest BCUT2D eigenvalue weighted by atomic mass is 19.2. The van der Waals surface area contributed by atoms with Crippen LogP contribution in [0.4, 0.5) is 8.78 Å². The number of halogens is 2. The minimum Gasteiger partial charge on any atom is -0.465 e. The second-order valence-corrected chi connectivity index (χ2v) is 4.31. The summed E-state index contributed by atoms with van der Waals surface area (Å²) in [7, 11) is 0. The second kappa shape index (κ2) is 6.28. The number of hydrogen-bond acceptors (Lipinski definition) is 3. The summed E-state index contributed by atoms with van der Waals surface area (Å²) >= 11 is 0. The molecule has 0 saturated heterocycles. The highest BCUT2D eigenvalue weighted by Crippen LogP contribution is 2.33. The number of carbonyl (C=O) groups is 1. The molecule has 1 rings (SSSR count). The molecule has 5 heteroatoms. The minimum atomic E-state index is -1.36. The van der Waals surface area contributed by atoms with Crippen molar-refractivity contribution in [2.75, 3.05) is 6.61 Å². The van der Waals surface area contributed by atoms with E-state index in [1.807, 2.05) is 6.07 Å². The van der Waals surface area contributed by atoms with Gasteiger partial charge in [-0.05, 0) is 26.3 Å². The molecule has 3 nitrogen and oxygen atoms in total. The Morgan fingerprint density at radius 1 is 1.47 bits per heavy atom. The molecular weight excluding hydrogens is 252 g/mol. The molecule has 0 aliphatic carbocycles. The lowest BCUT2D eigenvalue weighted by molar-refractivity contribution is -0.149. The molecule has 0 bridgehead atoms. The summed E-state index contributed by atoms with van der Waals surface area (Å²) in [6, 6.07) is 5.55. The van der Waals surface area contributed by atoms with Gasteiger partial charge < -0.3 is 4.74 Å². The van der Waals surface area contributed by atoms with Crippen molar-refractivity contribution in [3.8, 4) is 6.07 Å². The molecule has 0 aliphatic rings. The van der Waals surface area contributed by atoms with Gasteiger partial charge in [-0.3, -0.25) is 4.79 Å². The van der Waals surface area contributed by atoms with E-state index >= 15 is 0 Å². The van der Waals surface area contributed by atoms with Gasteiger partial charge in [0.25, 0.3) is 0 Å². The van der Waals surface area contributed by atoms with Gasteiger partial charge in [0.05, 0.1) is 18.1 Å². The summed E-state index contributed by atoms with van der Waals surface area (Å²) < 4.78 is 32.1. The summed E-state index contributed by atoms with van der Waals surface area (Å²) in [6.45, 7) is 3.22. The molecule has 0 spiro atoms. The molecule has 0 saturated carbocycles. The standard InChI is InChI=1S/C14H15F2NO2/c1-3-19-13(18)14(2,8-5-9-17)10-6-4-7-11(15)12(10)16/h4,6-7H,3,5,8H2,1-2H3. The third kappa shape index (κ3) is 3.08. The van der Waals surface area contributed by atoms with Gasteiger partial charge in [0.2, 0.25) is 0 Å². The molecule has 1 unspecified atom stereocenters. The molecule has 0 amide bonds. The van der Waals surface area contributed by atoms with Gasteiger partial charge in [-0.1, -0.05) is 12.1 Å². The number of nitriles is 1. The lowest BCUT2D eigenvalue weighted by atomic mass is 9.78. The third-order valence-corrected chi connectivity index (χ3v) is 3.01. The van der Waals surface area contributed by atoms with Gasteiger partial charge in [0.15, 0.2) is 11.6 Å². The van der Waals surface area contributed by atoms with Crippen LogP contribution in [0.5, 0.6) is 0 Å². The van der Waals surface area contributed by atoms with Crippen LogP contribution in [-0.2, 0) is 14.9 Å². The maximum atomic E-state index is 13.9. The van der Waals surface area contributed by atoms with Crippen LogP contribution in [0, 0.1) is 23.0 Å². The molecule has 0 radical (unpaired) electrons. The molecule has 19 heavy (non-hydrogen) atoms. The number of esters is 1. The van der Waals surface area contributed by atoms with Crippen LogP contribution >= 0.6 is 0 Å². The number of nitrogens with zero attached hydrogens (tertiary/aromatic N) is 1. The molecule has 0 N–H and O–H groups in total. The fraction of sp³-hybridized carbons (Fsp3) is 0.429. The minimum absolute atomic E-state index is 0.0469. The Kier molecular flexibility index (Phi) is 4.99. The lowest BCUT2D eigenvalue weighted by Gasteiger charge is -2.27. The van der Waals surface area contributed by atoms with Crippen LogP contribution in [0.15, 0.2) is 18.2 Å². The van der Waals surface area contributed by atoms with E-state index in [1.165, 1.54) is 19.1 Å². The molecule has 1 aromatic carbocycles.